The molecule has 2 rings (SSSR count). The molecule has 1 aromatic carbocycles. The van der Waals surface area contributed by atoms with Gasteiger partial charge in [-0.1, -0.05) is 71.6 Å². The monoisotopic (exact) mass is 627 g/mol. The number of hydrogen-bond donors (Lipinski definition) is 4. The predicted octanol–water partition coefficient (Wildman–Crippen LogP) is 3.43. The van der Waals surface area contributed by atoms with Gasteiger partial charge in [0.15, 0.2) is 0 Å². The van der Waals surface area contributed by atoms with Crippen LogP contribution >= 0.6 is 0 Å². The van der Waals surface area contributed by atoms with Gasteiger partial charge in [-0.25, -0.2) is 5.43 Å². The van der Waals surface area contributed by atoms with Gasteiger partial charge in [0.05, 0.1) is 18.1 Å². The van der Waals surface area contributed by atoms with E-state index in [1.165, 1.54) is 12.1 Å². The normalized spacial score (nSPS) is 18.5. The fourth-order valence-corrected chi connectivity index (χ4v) is 5.18. The molecule has 1 aromatic rings. The predicted molar refractivity (Wildman–Crippen MR) is 175 cm³/mol. The van der Waals surface area contributed by atoms with Crippen LogP contribution in [0.1, 0.15) is 72.9 Å². The van der Waals surface area contributed by atoms with E-state index in [1.54, 1.807) is 26.0 Å². The molecule has 6 atom stereocenters. The highest BCUT2D eigenvalue weighted by atomic mass is 16.5. The number of allylic oxidation sites excluding steroid dienone is 1. The van der Waals surface area contributed by atoms with Crippen LogP contribution in [0.5, 0.6) is 5.75 Å². The molecule has 11 heteroatoms. The van der Waals surface area contributed by atoms with Crippen LogP contribution in [0.3, 0.4) is 0 Å². The molecule has 2 unspecified atom stereocenters. The Morgan fingerprint density at radius 3 is 2.36 bits per heavy atom. The van der Waals surface area contributed by atoms with Crippen LogP contribution in [0, 0.1) is 17.8 Å². The van der Waals surface area contributed by atoms with Crippen molar-refractivity contribution in [2.24, 2.45) is 17.8 Å². The molecule has 0 bridgehead atoms. The second-order valence-corrected chi connectivity index (χ2v) is 12.2. The Labute approximate surface area is 268 Å². The van der Waals surface area contributed by atoms with Crippen molar-refractivity contribution in [3.8, 4) is 5.75 Å². The van der Waals surface area contributed by atoms with E-state index in [4.69, 9.17) is 9.47 Å². The zero-order valence-corrected chi connectivity index (χ0v) is 28.1. The van der Waals surface area contributed by atoms with Crippen molar-refractivity contribution in [2.75, 3.05) is 20.3 Å². The molecule has 11 nitrogen and oxygen atoms in total. The van der Waals surface area contributed by atoms with E-state index < -0.39 is 36.1 Å². The van der Waals surface area contributed by atoms with Crippen molar-refractivity contribution in [3.63, 3.8) is 0 Å². The van der Waals surface area contributed by atoms with Gasteiger partial charge in [0.1, 0.15) is 30.5 Å². The summed E-state index contributed by atoms with van der Waals surface area (Å²) in [6, 6.07) is 4.98. The van der Waals surface area contributed by atoms with E-state index in [9.17, 15) is 19.2 Å². The standard InChI is InChI=1S/C34H53N5O6/c1-10-14-28(44-9)23(7)31(40)37-30(22(5)6)33(42)35-24(8)34(43)39-18-13-17-27(38-39)32(41)36-29(21(3)4)25-15-12-16-26(20-25)45-19-11-2/h10-12,14-16,20-24,27-30,38H,2,13,17-19H2,1,3-9H3,(H,35,42)(H,36,41)(H,37,40)/b14-10+/t23-,24?,27?,28-,29-,30+/m1/s1. The first-order chi connectivity index (χ1) is 21.3. The average molecular weight is 628 g/mol. The molecule has 0 saturated carbocycles. The van der Waals surface area contributed by atoms with E-state index in [0.29, 0.717) is 31.7 Å². The molecule has 1 aliphatic heterocycles. The van der Waals surface area contributed by atoms with E-state index in [0.717, 1.165) is 5.56 Å². The van der Waals surface area contributed by atoms with Gasteiger partial charge in [-0.15, -0.1) is 0 Å². The number of hydrazine groups is 1. The molecular weight excluding hydrogens is 574 g/mol. The summed E-state index contributed by atoms with van der Waals surface area (Å²) in [7, 11) is 1.53. The van der Waals surface area contributed by atoms with Gasteiger partial charge in [0, 0.05) is 13.7 Å². The van der Waals surface area contributed by atoms with Crippen LogP contribution < -0.4 is 26.1 Å². The van der Waals surface area contributed by atoms with Crippen molar-refractivity contribution in [2.45, 2.75) is 91.6 Å². The molecule has 0 radical (unpaired) electrons. The van der Waals surface area contributed by atoms with Gasteiger partial charge >= 0.3 is 0 Å². The van der Waals surface area contributed by atoms with Crippen LogP contribution in [0.15, 0.2) is 49.1 Å². The van der Waals surface area contributed by atoms with Gasteiger partial charge in [-0.05, 0) is 56.2 Å². The summed E-state index contributed by atoms with van der Waals surface area (Å²) in [5.74, 6) is -1.34. The lowest BCUT2D eigenvalue weighted by Crippen LogP contribution is -2.62. The van der Waals surface area contributed by atoms with Gasteiger partial charge in [-0.2, -0.15) is 0 Å². The maximum Gasteiger partial charge on any atom is 0.258 e. The number of amides is 4. The second kappa shape index (κ2) is 18.3. The third-order valence-corrected chi connectivity index (χ3v) is 7.85. The minimum atomic E-state index is -0.890. The first-order valence-corrected chi connectivity index (χ1v) is 15.8. The van der Waals surface area contributed by atoms with E-state index in [2.05, 4.69) is 28.0 Å². The first-order valence-electron chi connectivity index (χ1n) is 15.8. The fourth-order valence-electron chi connectivity index (χ4n) is 5.18. The molecule has 4 amide bonds. The summed E-state index contributed by atoms with van der Waals surface area (Å²) in [4.78, 5) is 53.0. The summed E-state index contributed by atoms with van der Waals surface area (Å²) >= 11 is 0. The molecule has 45 heavy (non-hydrogen) atoms. The molecule has 1 heterocycles. The summed E-state index contributed by atoms with van der Waals surface area (Å²) in [6.07, 6.45) is 6.01. The number of benzene rings is 1. The number of ether oxygens (including phenoxy) is 2. The summed E-state index contributed by atoms with van der Waals surface area (Å²) in [5.41, 5.74) is 3.98. The molecule has 0 spiro atoms. The van der Waals surface area contributed by atoms with Gasteiger partial charge in [0.2, 0.25) is 17.7 Å². The summed E-state index contributed by atoms with van der Waals surface area (Å²) in [6.45, 7) is 17.3. The zero-order valence-electron chi connectivity index (χ0n) is 28.1. The SMILES string of the molecule is C=CCOc1cccc([C@H](NC(=O)C2CCCN(C(=O)C(C)NC(=O)[C@@H](NC(=O)[C@H](C)[C@@H](/C=C/C)OC)C(C)C)N2)C(C)C)c1. The van der Waals surface area contributed by atoms with E-state index in [1.807, 2.05) is 65.0 Å². The quantitative estimate of drug-likeness (QED) is 0.206. The lowest BCUT2D eigenvalue weighted by Gasteiger charge is -2.36. The maximum atomic E-state index is 13.4. The lowest BCUT2D eigenvalue weighted by atomic mass is 9.95. The number of hydrogen-bond acceptors (Lipinski definition) is 7. The highest BCUT2D eigenvalue weighted by molar-refractivity contribution is 5.92. The lowest BCUT2D eigenvalue weighted by molar-refractivity contribution is -0.143. The molecule has 1 aliphatic rings. The van der Waals surface area contributed by atoms with E-state index >= 15 is 0 Å². The van der Waals surface area contributed by atoms with Crippen LogP contribution in [-0.2, 0) is 23.9 Å². The molecule has 0 aromatic heterocycles. The molecule has 4 N–H and O–H groups in total. The van der Waals surface area contributed by atoms with Crippen LogP contribution in [0.2, 0.25) is 0 Å². The Morgan fingerprint density at radius 1 is 1.04 bits per heavy atom. The second-order valence-electron chi connectivity index (χ2n) is 12.2. The number of nitrogens with zero attached hydrogens (tertiary/aromatic N) is 1. The van der Waals surface area contributed by atoms with Gasteiger partial charge < -0.3 is 25.4 Å². The highest BCUT2D eigenvalue weighted by Crippen LogP contribution is 2.26. The van der Waals surface area contributed by atoms with Crippen LogP contribution in [-0.4, -0.2) is 73.1 Å². The number of nitrogens with one attached hydrogen (secondary N) is 4. The largest absolute Gasteiger partial charge is 0.490 e. The Balaban J connectivity index is 2.04. The maximum absolute atomic E-state index is 13.4. The number of carbonyl (C=O) groups is 4. The summed E-state index contributed by atoms with van der Waals surface area (Å²) in [5, 5.41) is 10.1. The number of carbonyl (C=O) groups excluding carboxylic acids is 4. The molecule has 250 valence electrons. The minimum absolute atomic E-state index is 0.0982. The van der Waals surface area contributed by atoms with Crippen molar-refractivity contribution in [1.82, 2.24) is 26.4 Å². The third-order valence-electron chi connectivity index (χ3n) is 7.85. The average Bonchev–Trinajstić information content (AvgIpc) is 3.02. The molecule has 1 saturated heterocycles. The van der Waals surface area contributed by atoms with Crippen LogP contribution in [0.25, 0.3) is 0 Å². The first kappa shape index (κ1) is 37.5. The number of methoxy groups -OCH3 is 1. The van der Waals surface area contributed by atoms with Crippen molar-refractivity contribution in [1.29, 1.82) is 0 Å². The van der Waals surface area contributed by atoms with Gasteiger partial charge in [0.25, 0.3) is 5.91 Å². The molecular formula is C34H53N5O6. The Bertz CT molecular complexity index is 1190. The molecule has 1 fully saturated rings. The van der Waals surface area contributed by atoms with Crippen molar-refractivity contribution in [3.05, 3.63) is 54.6 Å². The van der Waals surface area contributed by atoms with Gasteiger partial charge in [-0.3, -0.25) is 24.2 Å². The third kappa shape index (κ3) is 11.0. The van der Waals surface area contributed by atoms with Crippen molar-refractivity contribution >= 4 is 23.6 Å². The van der Waals surface area contributed by atoms with Crippen LogP contribution in [0.4, 0.5) is 0 Å². The highest BCUT2D eigenvalue weighted by Gasteiger charge is 2.34. The fraction of sp³-hybridized carbons (Fsp3) is 0.588. The topological polar surface area (TPSA) is 138 Å². The Morgan fingerprint density at radius 2 is 1.76 bits per heavy atom. The minimum Gasteiger partial charge on any atom is -0.490 e. The summed E-state index contributed by atoms with van der Waals surface area (Å²) < 4.78 is 11.1. The Kier molecular flexibility index (Phi) is 15.3. The zero-order chi connectivity index (χ0) is 33.7. The van der Waals surface area contributed by atoms with E-state index in [-0.39, 0.29) is 35.6 Å². The van der Waals surface area contributed by atoms with Crippen molar-refractivity contribution < 1.29 is 28.7 Å². The molecule has 0 aliphatic carbocycles. The smallest absolute Gasteiger partial charge is 0.258 e. The Hall–Kier alpha value is -3.70. The number of rotatable bonds is 16.